The molecule has 0 saturated carbocycles. The molecule has 0 N–H and O–H groups in total. The lowest BCUT2D eigenvalue weighted by atomic mass is 9.96. The molecule has 0 amide bonds. The fraction of sp³-hybridized carbons (Fsp3) is 0.311. The predicted molar refractivity (Wildman–Crippen MR) is 271 cm³/mol. The van der Waals surface area contributed by atoms with Crippen LogP contribution in [0, 0.1) is 0 Å². The summed E-state index contributed by atoms with van der Waals surface area (Å²) in [6.45, 7) is 2.88. The van der Waals surface area contributed by atoms with Gasteiger partial charge in [-0.1, -0.05) is 212 Å². The molecule has 7 aromatic carbocycles. The Balaban J connectivity index is 1.08. The Hall–Kier alpha value is -5.86. The molecule has 1 unspecified atom stereocenters. The molecule has 368 valence electrons. The molecule has 2 heterocycles. The van der Waals surface area contributed by atoms with Crippen molar-refractivity contribution in [3.05, 3.63) is 251 Å². The zero-order chi connectivity index (χ0) is 48.1. The molecule has 2 aliphatic rings. The normalized spacial score (nSPS) is 23.3. The molecule has 2 saturated heterocycles. The second-order valence-electron chi connectivity index (χ2n) is 17.9. The van der Waals surface area contributed by atoms with Gasteiger partial charge in [-0.15, -0.1) is 0 Å². The minimum atomic E-state index is -1.04. The quantitative estimate of drug-likeness (QED) is 0.0551. The molecule has 2 aliphatic heterocycles. The largest absolute Gasteiger partial charge is 0.374 e. The van der Waals surface area contributed by atoms with Crippen molar-refractivity contribution in [2.24, 2.45) is 0 Å². The van der Waals surface area contributed by atoms with Crippen molar-refractivity contribution in [1.29, 1.82) is 0 Å². The first-order valence-corrected chi connectivity index (χ1v) is 24.7. The van der Waals surface area contributed by atoms with E-state index in [-0.39, 0.29) is 33.0 Å². The van der Waals surface area contributed by atoms with Gasteiger partial charge in [0.25, 0.3) is 0 Å². The molecule has 0 bridgehead atoms. The van der Waals surface area contributed by atoms with Gasteiger partial charge in [0, 0.05) is 0 Å². The van der Waals surface area contributed by atoms with Crippen molar-refractivity contribution in [2.45, 2.75) is 101 Å². The summed E-state index contributed by atoms with van der Waals surface area (Å²) in [5.74, 6) is 0. The monoisotopic (exact) mass is 956 g/mol. The summed E-state index contributed by atoms with van der Waals surface area (Å²) in [7, 11) is 0. The van der Waals surface area contributed by atoms with Gasteiger partial charge in [0.1, 0.15) is 48.8 Å². The third-order valence-electron chi connectivity index (χ3n) is 12.6. The van der Waals surface area contributed by atoms with Crippen molar-refractivity contribution in [1.82, 2.24) is 0 Å². The molecular formula is C61H64O10. The van der Waals surface area contributed by atoms with Gasteiger partial charge in [-0.2, -0.15) is 0 Å². The highest BCUT2D eigenvalue weighted by atomic mass is 16.7. The topological polar surface area (TPSA) is 92.3 Å². The molecule has 0 spiro atoms. The van der Waals surface area contributed by atoms with E-state index in [4.69, 9.17) is 47.4 Å². The number of hydrogen-bond acceptors (Lipinski definition) is 10. The third-order valence-corrected chi connectivity index (χ3v) is 12.6. The first-order valence-electron chi connectivity index (χ1n) is 24.7. The maximum atomic E-state index is 7.47. The fourth-order valence-electron chi connectivity index (χ4n) is 8.91. The van der Waals surface area contributed by atoms with Crippen molar-refractivity contribution in [3.63, 3.8) is 0 Å². The Bertz CT molecular complexity index is 2510. The molecule has 0 aliphatic carbocycles. The van der Waals surface area contributed by atoms with Crippen LogP contribution in [0.5, 0.6) is 0 Å². The summed E-state index contributed by atoms with van der Waals surface area (Å²) < 4.78 is 69.3. The zero-order valence-electron chi connectivity index (χ0n) is 40.1. The van der Waals surface area contributed by atoms with E-state index in [9.17, 15) is 0 Å². The average Bonchev–Trinajstić information content (AvgIpc) is 3.43. The Morgan fingerprint density at radius 2 is 0.634 bits per heavy atom. The highest BCUT2D eigenvalue weighted by Gasteiger charge is 2.52. The molecule has 71 heavy (non-hydrogen) atoms. The van der Waals surface area contributed by atoms with Crippen LogP contribution in [0.1, 0.15) is 38.9 Å². The highest BCUT2D eigenvalue weighted by molar-refractivity contribution is 5.19. The third kappa shape index (κ3) is 15.1. The lowest BCUT2D eigenvalue weighted by Crippen LogP contribution is -2.65. The van der Waals surface area contributed by atoms with Gasteiger partial charge in [-0.05, 0) is 38.9 Å². The van der Waals surface area contributed by atoms with Gasteiger partial charge in [0.15, 0.2) is 6.29 Å². The first-order chi connectivity index (χ1) is 35.2. The summed E-state index contributed by atoms with van der Waals surface area (Å²) in [5.41, 5.74) is 7.12. The highest BCUT2D eigenvalue weighted by Crippen LogP contribution is 2.35. The van der Waals surface area contributed by atoms with Gasteiger partial charge >= 0.3 is 0 Å². The first kappa shape index (κ1) is 50.1. The Labute approximate surface area is 418 Å². The second-order valence-corrected chi connectivity index (χ2v) is 17.9. The van der Waals surface area contributed by atoms with E-state index in [0.717, 1.165) is 38.9 Å². The van der Waals surface area contributed by atoms with Gasteiger partial charge < -0.3 is 47.4 Å². The summed E-state index contributed by atoms with van der Waals surface area (Å²) in [5, 5.41) is 0. The Kier molecular flexibility index (Phi) is 19.1. The maximum absolute atomic E-state index is 7.47. The minimum Gasteiger partial charge on any atom is -0.374 e. The number of benzene rings is 7. The van der Waals surface area contributed by atoms with Gasteiger partial charge in [0.05, 0.1) is 66.1 Å². The molecule has 10 heteroatoms. The van der Waals surface area contributed by atoms with Crippen molar-refractivity contribution >= 4 is 0 Å². The summed E-state index contributed by atoms with van der Waals surface area (Å²) in [6.07, 6.45) is -6.45. The molecule has 9 atom stereocenters. The molecule has 10 nitrogen and oxygen atoms in total. The fourth-order valence-corrected chi connectivity index (χ4v) is 8.91. The van der Waals surface area contributed by atoms with Crippen LogP contribution in [0.4, 0.5) is 0 Å². The van der Waals surface area contributed by atoms with E-state index >= 15 is 0 Å². The van der Waals surface area contributed by atoms with E-state index in [2.05, 4.69) is 36.4 Å². The van der Waals surface area contributed by atoms with Crippen LogP contribution in [0.25, 0.3) is 0 Å². The average molecular weight is 957 g/mol. The van der Waals surface area contributed by atoms with Gasteiger partial charge in [-0.25, -0.2) is 0 Å². The SMILES string of the molecule is c1ccc(COC[C@H]2OC(O[C@H]3[C@H](OCc4ccccc4)[C@@H](OCc4ccccc4)CO[C@@H]3COCc3ccccc3)[C@H](OCc3ccccc3)[C@@H](OCc3ccccc3)[C@H]2OCc2ccccc2)cc1. The Morgan fingerprint density at radius 1 is 0.310 bits per heavy atom. The van der Waals surface area contributed by atoms with Crippen LogP contribution in [0.3, 0.4) is 0 Å². The van der Waals surface area contributed by atoms with Crippen LogP contribution in [0.2, 0.25) is 0 Å². The van der Waals surface area contributed by atoms with E-state index in [0.29, 0.717) is 33.0 Å². The van der Waals surface area contributed by atoms with Crippen LogP contribution in [0.15, 0.2) is 212 Å². The molecular weight excluding hydrogens is 893 g/mol. The van der Waals surface area contributed by atoms with E-state index in [1.165, 1.54) is 0 Å². The lowest BCUT2D eigenvalue weighted by molar-refractivity contribution is -0.358. The second kappa shape index (κ2) is 27.1. The number of ether oxygens (including phenoxy) is 10. The molecule has 0 aromatic heterocycles. The van der Waals surface area contributed by atoms with Crippen LogP contribution in [-0.4, -0.2) is 74.9 Å². The molecule has 0 radical (unpaired) electrons. The van der Waals surface area contributed by atoms with Crippen LogP contribution < -0.4 is 0 Å². The zero-order valence-corrected chi connectivity index (χ0v) is 40.1. The van der Waals surface area contributed by atoms with Crippen LogP contribution >= 0.6 is 0 Å². The Morgan fingerprint density at radius 3 is 1.04 bits per heavy atom. The van der Waals surface area contributed by atoms with Crippen molar-refractivity contribution in [2.75, 3.05) is 19.8 Å². The summed E-state index contributed by atoms with van der Waals surface area (Å²) in [6, 6.07) is 70.8. The minimum absolute atomic E-state index is 0.173. The summed E-state index contributed by atoms with van der Waals surface area (Å²) in [4.78, 5) is 0. The molecule has 2 fully saturated rings. The van der Waals surface area contributed by atoms with Crippen LogP contribution in [-0.2, 0) is 93.6 Å². The molecule has 9 rings (SSSR count). The summed E-state index contributed by atoms with van der Waals surface area (Å²) >= 11 is 0. The number of hydrogen-bond donors (Lipinski definition) is 0. The lowest BCUT2D eigenvalue weighted by Gasteiger charge is -2.49. The molecule has 7 aromatic rings. The van der Waals surface area contributed by atoms with Gasteiger partial charge in [-0.3, -0.25) is 0 Å². The van der Waals surface area contributed by atoms with Crippen molar-refractivity contribution < 1.29 is 47.4 Å². The van der Waals surface area contributed by atoms with E-state index in [1.807, 2.05) is 176 Å². The number of rotatable bonds is 25. The van der Waals surface area contributed by atoms with E-state index < -0.39 is 55.1 Å². The maximum Gasteiger partial charge on any atom is 0.187 e. The van der Waals surface area contributed by atoms with Gasteiger partial charge in [0.2, 0.25) is 0 Å². The van der Waals surface area contributed by atoms with E-state index in [1.54, 1.807) is 0 Å². The standard InChI is InChI=1S/C61H64O10/c1-8-22-46(23-9-1)36-62-43-53-58(56(66-39-49-28-14-4-15-29-49)54(45-65-53)64-38-48-26-12-3-13-27-48)71-61-60(69-42-52-34-20-7-21-35-52)59(68-41-51-32-18-6-19-33-51)57(67-40-50-30-16-5-17-31-50)55(70-61)44-63-37-47-24-10-2-11-25-47/h1-35,53-61H,36-45H2/t53-,54+,55-,56-,57+,58-,59+,60-,61?/m1/s1. The predicted octanol–water partition coefficient (Wildman–Crippen LogP) is 10.9. The smallest absolute Gasteiger partial charge is 0.187 e. The van der Waals surface area contributed by atoms with Crippen molar-refractivity contribution in [3.8, 4) is 0 Å².